The molecular formula is C22H18N4O3. The molecule has 0 saturated heterocycles. The Kier molecular flexibility index (Phi) is 5.85. The molecule has 29 heavy (non-hydrogen) atoms. The number of benzene rings is 3. The molecule has 3 aromatic rings. The molecule has 0 aliphatic heterocycles. The highest BCUT2D eigenvalue weighted by molar-refractivity contribution is 5.85. The first-order valence-electron chi connectivity index (χ1n) is 8.84. The molecule has 7 heteroatoms. The zero-order valence-corrected chi connectivity index (χ0v) is 15.4. The van der Waals surface area contributed by atoms with Crippen LogP contribution in [0.1, 0.15) is 22.7 Å². The van der Waals surface area contributed by atoms with Crippen molar-refractivity contribution in [2.75, 3.05) is 4.90 Å². The fourth-order valence-corrected chi connectivity index (χ4v) is 3.15. The van der Waals surface area contributed by atoms with Crippen molar-refractivity contribution in [2.45, 2.75) is 12.6 Å². The highest BCUT2D eigenvalue weighted by Crippen LogP contribution is 2.31. The highest BCUT2D eigenvalue weighted by Gasteiger charge is 2.28. The molecule has 144 valence electrons. The van der Waals surface area contributed by atoms with Gasteiger partial charge in [-0.25, -0.2) is 0 Å². The van der Waals surface area contributed by atoms with E-state index in [2.05, 4.69) is 6.07 Å². The predicted molar refractivity (Wildman–Crippen MR) is 109 cm³/mol. The van der Waals surface area contributed by atoms with Crippen LogP contribution in [0, 0.1) is 21.4 Å². The summed E-state index contributed by atoms with van der Waals surface area (Å²) in [6, 6.07) is 23.3. The first-order chi connectivity index (χ1) is 14.0. The molecule has 3 rings (SSSR count). The molecule has 0 saturated carbocycles. The number of nitro groups is 1. The van der Waals surface area contributed by atoms with Gasteiger partial charge in [0, 0.05) is 24.4 Å². The largest absolute Gasteiger partial charge is 0.368 e. The van der Waals surface area contributed by atoms with Crippen molar-refractivity contribution in [1.29, 1.82) is 5.26 Å². The Bertz CT molecular complexity index is 1060. The average Bonchev–Trinajstić information content (AvgIpc) is 2.74. The van der Waals surface area contributed by atoms with Gasteiger partial charge in [0.25, 0.3) is 5.69 Å². The summed E-state index contributed by atoms with van der Waals surface area (Å²) in [5.74, 6) is -0.634. The lowest BCUT2D eigenvalue weighted by molar-refractivity contribution is -0.384. The lowest BCUT2D eigenvalue weighted by atomic mass is 10.0. The van der Waals surface area contributed by atoms with Gasteiger partial charge in [-0.1, -0.05) is 42.5 Å². The molecule has 0 aliphatic rings. The van der Waals surface area contributed by atoms with Gasteiger partial charge in [-0.3, -0.25) is 14.9 Å². The molecule has 0 aliphatic carbocycles. The molecule has 2 N–H and O–H groups in total. The number of hydrogen-bond acceptors (Lipinski definition) is 5. The molecule has 1 amide bonds. The Balaban J connectivity index is 2.10. The predicted octanol–water partition coefficient (Wildman–Crippen LogP) is 3.70. The maximum Gasteiger partial charge on any atom is 0.269 e. The summed E-state index contributed by atoms with van der Waals surface area (Å²) < 4.78 is 0. The number of nitro benzene ring substituents is 1. The number of carbonyl (C=O) groups excluding carboxylic acids is 1. The van der Waals surface area contributed by atoms with Crippen molar-refractivity contribution in [3.8, 4) is 6.07 Å². The zero-order chi connectivity index (χ0) is 20.8. The van der Waals surface area contributed by atoms with Gasteiger partial charge >= 0.3 is 0 Å². The first-order valence-corrected chi connectivity index (χ1v) is 8.84. The van der Waals surface area contributed by atoms with E-state index in [1.54, 1.807) is 35.2 Å². The SMILES string of the molecule is N#Cc1ccc(N(Cc2ccccc2)C(C(N)=O)c2cccc([N+](=O)[O-])c2)cc1. The van der Waals surface area contributed by atoms with Crippen LogP contribution in [0.2, 0.25) is 0 Å². The number of rotatable bonds is 7. The maximum atomic E-state index is 12.5. The van der Waals surface area contributed by atoms with E-state index < -0.39 is 16.9 Å². The van der Waals surface area contributed by atoms with Gasteiger partial charge in [-0.15, -0.1) is 0 Å². The summed E-state index contributed by atoms with van der Waals surface area (Å²) in [7, 11) is 0. The number of non-ortho nitro benzene ring substituents is 1. The van der Waals surface area contributed by atoms with Crippen LogP contribution in [-0.2, 0) is 11.3 Å². The van der Waals surface area contributed by atoms with Crippen LogP contribution < -0.4 is 10.6 Å². The fraction of sp³-hybridized carbons (Fsp3) is 0.0909. The zero-order valence-electron chi connectivity index (χ0n) is 15.4. The summed E-state index contributed by atoms with van der Waals surface area (Å²) in [6.07, 6.45) is 0. The molecule has 0 spiro atoms. The van der Waals surface area contributed by atoms with E-state index in [1.807, 2.05) is 30.3 Å². The second-order valence-electron chi connectivity index (χ2n) is 6.43. The van der Waals surface area contributed by atoms with Crippen LogP contribution >= 0.6 is 0 Å². The molecular weight excluding hydrogens is 368 g/mol. The van der Waals surface area contributed by atoms with E-state index in [4.69, 9.17) is 11.0 Å². The number of primary amides is 1. The number of amides is 1. The topological polar surface area (TPSA) is 113 Å². The van der Waals surface area contributed by atoms with E-state index >= 15 is 0 Å². The van der Waals surface area contributed by atoms with Gasteiger partial charge in [-0.2, -0.15) is 5.26 Å². The van der Waals surface area contributed by atoms with Crippen molar-refractivity contribution in [3.05, 3.63) is 106 Å². The Morgan fingerprint density at radius 3 is 2.34 bits per heavy atom. The molecule has 0 bridgehead atoms. The molecule has 1 atom stereocenters. The van der Waals surface area contributed by atoms with Gasteiger partial charge in [0.2, 0.25) is 5.91 Å². The van der Waals surface area contributed by atoms with Crippen LogP contribution in [-0.4, -0.2) is 10.8 Å². The summed E-state index contributed by atoms with van der Waals surface area (Å²) in [5.41, 5.74) is 8.14. The van der Waals surface area contributed by atoms with Crippen molar-refractivity contribution < 1.29 is 9.72 Å². The van der Waals surface area contributed by atoms with Crippen LogP contribution in [0.15, 0.2) is 78.9 Å². The molecule has 0 fully saturated rings. The second kappa shape index (κ2) is 8.67. The van der Waals surface area contributed by atoms with Crippen LogP contribution in [0.5, 0.6) is 0 Å². The van der Waals surface area contributed by atoms with Gasteiger partial charge in [0.15, 0.2) is 0 Å². The van der Waals surface area contributed by atoms with Gasteiger partial charge in [0.1, 0.15) is 6.04 Å². The lowest BCUT2D eigenvalue weighted by Gasteiger charge is -2.32. The number of nitriles is 1. The minimum atomic E-state index is -0.928. The Labute approximate surface area is 167 Å². The minimum absolute atomic E-state index is 0.117. The van der Waals surface area contributed by atoms with Crippen molar-refractivity contribution in [3.63, 3.8) is 0 Å². The van der Waals surface area contributed by atoms with E-state index in [-0.39, 0.29) is 5.69 Å². The number of nitrogens with two attached hydrogens (primary N) is 1. The molecule has 0 radical (unpaired) electrons. The monoisotopic (exact) mass is 386 g/mol. The summed E-state index contributed by atoms with van der Waals surface area (Å²) >= 11 is 0. The third-order valence-electron chi connectivity index (χ3n) is 4.50. The van der Waals surface area contributed by atoms with Crippen molar-refractivity contribution in [1.82, 2.24) is 0 Å². The number of hydrogen-bond donors (Lipinski definition) is 1. The Morgan fingerprint density at radius 2 is 1.76 bits per heavy atom. The summed E-state index contributed by atoms with van der Waals surface area (Å²) in [5, 5.41) is 20.3. The van der Waals surface area contributed by atoms with Crippen molar-refractivity contribution in [2.24, 2.45) is 5.73 Å². The maximum absolute atomic E-state index is 12.5. The average molecular weight is 386 g/mol. The van der Waals surface area contributed by atoms with E-state index in [9.17, 15) is 14.9 Å². The standard InChI is InChI=1S/C22H18N4O3/c23-14-16-9-11-19(12-10-16)25(15-17-5-2-1-3-6-17)21(22(24)27)18-7-4-8-20(13-18)26(28)29/h1-13,21H,15H2,(H2,24,27). The smallest absolute Gasteiger partial charge is 0.269 e. The number of carbonyl (C=O) groups is 1. The summed E-state index contributed by atoms with van der Waals surface area (Å²) in [6.45, 7) is 0.350. The third kappa shape index (κ3) is 4.57. The van der Waals surface area contributed by atoms with Crippen molar-refractivity contribution >= 4 is 17.3 Å². The molecule has 7 nitrogen and oxygen atoms in total. The quantitative estimate of drug-likeness (QED) is 0.491. The molecule has 0 heterocycles. The second-order valence-corrected chi connectivity index (χ2v) is 6.43. The van der Waals surface area contributed by atoms with Crippen LogP contribution in [0.3, 0.4) is 0 Å². The fourth-order valence-electron chi connectivity index (χ4n) is 3.15. The highest BCUT2D eigenvalue weighted by atomic mass is 16.6. The number of anilines is 1. The summed E-state index contributed by atoms with van der Waals surface area (Å²) in [4.78, 5) is 24.9. The molecule has 3 aromatic carbocycles. The molecule has 1 unspecified atom stereocenters. The lowest BCUT2D eigenvalue weighted by Crippen LogP contribution is -2.37. The van der Waals surface area contributed by atoms with Crippen LogP contribution in [0.4, 0.5) is 11.4 Å². The van der Waals surface area contributed by atoms with Gasteiger partial charge in [-0.05, 0) is 35.4 Å². The molecule has 0 aromatic heterocycles. The van der Waals surface area contributed by atoms with E-state index in [0.29, 0.717) is 23.4 Å². The van der Waals surface area contributed by atoms with Crippen LogP contribution in [0.25, 0.3) is 0 Å². The minimum Gasteiger partial charge on any atom is -0.368 e. The van der Waals surface area contributed by atoms with E-state index in [1.165, 1.54) is 18.2 Å². The van der Waals surface area contributed by atoms with Gasteiger partial charge < -0.3 is 10.6 Å². The Morgan fingerprint density at radius 1 is 1.07 bits per heavy atom. The normalized spacial score (nSPS) is 11.3. The van der Waals surface area contributed by atoms with E-state index in [0.717, 1.165) is 5.56 Å². The third-order valence-corrected chi connectivity index (χ3v) is 4.50. The number of nitrogens with zero attached hydrogens (tertiary/aromatic N) is 3. The van der Waals surface area contributed by atoms with Gasteiger partial charge in [0.05, 0.1) is 16.6 Å². The Hall–Kier alpha value is -4.18. The first kappa shape index (κ1) is 19.6.